The van der Waals surface area contributed by atoms with Gasteiger partial charge in [0.2, 0.25) is 5.88 Å². The van der Waals surface area contributed by atoms with E-state index in [2.05, 4.69) is 15.3 Å². The van der Waals surface area contributed by atoms with Crippen molar-refractivity contribution in [2.75, 3.05) is 0 Å². The largest absolute Gasteiger partial charge is 0.439 e. The van der Waals surface area contributed by atoms with Crippen molar-refractivity contribution in [2.24, 2.45) is 7.05 Å². The molecule has 0 bridgehead atoms. The van der Waals surface area contributed by atoms with E-state index in [4.69, 9.17) is 4.74 Å². The van der Waals surface area contributed by atoms with Gasteiger partial charge in [0.1, 0.15) is 17.4 Å². The number of halogens is 2. The number of nitrogens with zero attached hydrogens (tertiary/aromatic N) is 2. The van der Waals surface area contributed by atoms with E-state index in [0.717, 1.165) is 6.07 Å². The molecule has 0 atom stereocenters. The van der Waals surface area contributed by atoms with Crippen molar-refractivity contribution in [3.63, 3.8) is 0 Å². The van der Waals surface area contributed by atoms with E-state index in [0.29, 0.717) is 28.2 Å². The van der Waals surface area contributed by atoms with Gasteiger partial charge < -0.3 is 15.0 Å². The van der Waals surface area contributed by atoms with Gasteiger partial charge in [-0.25, -0.2) is 18.6 Å². The molecular weight excluding hydrogens is 394 g/mol. The number of H-pyrrole nitrogens is 1. The number of hydrogen-bond acceptors (Lipinski definition) is 4. The molecule has 0 spiro atoms. The van der Waals surface area contributed by atoms with Crippen molar-refractivity contribution >= 4 is 16.9 Å². The third-order valence-corrected chi connectivity index (χ3v) is 4.52. The number of fused-ring (bicyclic) bond motifs is 1. The van der Waals surface area contributed by atoms with Crippen LogP contribution in [0.2, 0.25) is 0 Å². The van der Waals surface area contributed by atoms with Crippen LogP contribution in [-0.2, 0) is 13.6 Å². The smallest absolute Gasteiger partial charge is 0.326 e. The molecule has 0 aliphatic rings. The second-order valence-corrected chi connectivity index (χ2v) is 6.58. The first-order valence-corrected chi connectivity index (χ1v) is 8.95. The first-order valence-electron chi connectivity index (χ1n) is 8.95. The SMILES string of the molecule is Cn1c(=O)[nH]c2cc(C(=O)NCc3ccc(Oc4ccc(F)cc4)nc3)c(F)cc21. The number of amides is 1. The Labute approximate surface area is 168 Å². The zero-order valence-electron chi connectivity index (χ0n) is 15.8. The minimum Gasteiger partial charge on any atom is -0.439 e. The van der Waals surface area contributed by atoms with Crippen LogP contribution < -0.4 is 15.7 Å². The Kier molecular flexibility index (Phi) is 5.01. The Hall–Kier alpha value is -4.01. The highest BCUT2D eigenvalue weighted by Crippen LogP contribution is 2.20. The molecule has 0 saturated heterocycles. The molecule has 0 fully saturated rings. The fourth-order valence-electron chi connectivity index (χ4n) is 2.90. The molecule has 2 aromatic heterocycles. The molecule has 2 aromatic carbocycles. The number of carbonyl (C=O) groups is 1. The van der Waals surface area contributed by atoms with Crippen LogP contribution in [0.25, 0.3) is 11.0 Å². The van der Waals surface area contributed by atoms with E-state index in [1.807, 2.05) is 0 Å². The number of nitrogens with one attached hydrogen (secondary N) is 2. The average molecular weight is 410 g/mol. The standard InChI is InChI=1S/C21H16F2N4O3/c1-27-18-9-16(23)15(8-17(18)26-21(27)29)20(28)25-11-12-2-7-19(24-10-12)30-14-5-3-13(22)4-6-14/h2-10H,11H2,1H3,(H,25,28)(H,26,29). The van der Waals surface area contributed by atoms with E-state index in [1.165, 1.54) is 48.1 Å². The summed E-state index contributed by atoms with van der Waals surface area (Å²) in [6, 6.07) is 11.3. The number of aromatic nitrogens is 3. The lowest BCUT2D eigenvalue weighted by atomic mass is 10.1. The van der Waals surface area contributed by atoms with Gasteiger partial charge in [0.25, 0.3) is 5.91 Å². The summed E-state index contributed by atoms with van der Waals surface area (Å²) in [6.45, 7) is 0.117. The van der Waals surface area contributed by atoms with Gasteiger partial charge in [-0.15, -0.1) is 0 Å². The zero-order valence-corrected chi connectivity index (χ0v) is 15.8. The van der Waals surface area contributed by atoms with Gasteiger partial charge in [-0.05, 0) is 35.9 Å². The van der Waals surface area contributed by atoms with Crippen LogP contribution in [0.3, 0.4) is 0 Å². The van der Waals surface area contributed by atoms with Gasteiger partial charge in [0, 0.05) is 31.9 Å². The first-order chi connectivity index (χ1) is 14.4. The molecule has 2 N–H and O–H groups in total. The number of pyridine rings is 1. The highest BCUT2D eigenvalue weighted by atomic mass is 19.1. The Morgan fingerprint density at radius 2 is 1.93 bits per heavy atom. The Balaban J connectivity index is 1.42. The second-order valence-electron chi connectivity index (χ2n) is 6.58. The number of aromatic amines is 1. The van der Waals surface area contributed by atoms with Crippen molar-refractivity contribution in [1.29, 1.82) is 0 Å². The Morgan fingerprint density at radius 1 is 1.17 bits per heavy atom. The molecule has 0 saturated carbocycles. The summed E-state index contributed by atoms with van der Waals surface area (Å²) >= 11 is 0. The van der Waals surface area contributed by atoms with Crippen LogP contribution in [0.4, 0.5) is 8.78 Å². The number of hydrogen-bond donors (Lipinski definition) is 2. The van der Waals surface area contributed by atoms with E-state index in [9.17, 15) is 18.4 Å². The molecule has 0 aliphatic carbocycles. The lowest BCUT2D eigenvalue weighted by molar-refractivity contribution is 0.0947. The summed E-state index contributed by atoms with van der Waals surface area (Å²) < 4.78 is 34.0. The number of carbonyl (C=O) groups excluding carboxylic acids is 1. The van der Waals surface area contributed by atoms with Crippen LogP contribution in [0.5, 0.6) is 11.6 Å². The molecular formula is C21H16F2N4O3. The molecule has 9 heteroatoms. The summed E-state index contributed by atoms with van der Waals surface area (Å²) in [5.74, 6) is -0.965. The minimum atomic E-state index is -0.726. The molecule has 2 heterocycles. The monoisotopic (exact) mass is 410 g/mol. The number of benzene rings is 2. The number of rotatable bonds is 5. The number of imidazole rings is 1. The maximum Gasteiger partial charge on any atom is 0.326 e. The summed E-state index contributed by atoms with van der Waals surface area (Å²) in [4.78, 5) is 30.7. The van der Waals surface area contributed by atoms with Crippen molar-refractivity contribution in [3.05, 3.63) is 88.0 Å². The van der Waals surface area contributed by atoms with Gasteiger partial charge in [-0.3, -0.25) is 9.36 Å². The van der Waals surface area contributed by atoms with Crippen LogP contribution >= 0.6 is 0 Å². The van der Waals surface area contributed by atoms with Gasteiger partial charge in [0.05, 0.1) is 16.6 Å². The van der Waals surface area contributed by atoms with Crippen LogP contribution in [0, 0.1) is 11.6 Å². The number of aryl methyl sites for hydroxylation is 1. The summed E-state index contributed by atoms with van der Waals surface area (Å²) in [6.07, 6.45) is 1.51. The quantitative estimate of drug-likeness (QED) is 0.529. The predicted octanol–water partition coefficient (Wildman–Crippen LogP) is 3.26. The van der Waals surface area contributed by atoms with E-state index in [1.54, 1.807) is 12.1 Å². The van der Waals surface area contributed by atoms with Crippen molar-refractivity contribution < 1.29 is 18.3 Å². The third-order valence-electron chi connectivity index (χ3n) is 4.52. The Bertz CT molecular complexity index is 1280. The fraction of sp³-hybridized carbons (Fsp3) is 0.0952. The van der Waals surface area contributed by atoms with Gasteiger partial charge in [0.15, 0.2) is 0 Å². The first kappa shape index (κ1) is 19.3. The zero-order chi connectivity index (χ0) is 21.3. The van der Waals surface area contributed by atoms with Crippen LogP contribution in [-0.4, -0.2) is 20.4 Å². The van der Waals surface area contributed by atoms with Crippen molar-refractivity contribution in [2.45, 2.75) is 6.54 Å². The molecule has 0 aliphatic heterocycles. The molecule has 4 aromatic rings. The van der Waals surface area contributed by atoms with Crippen molar-refractivity contribution in [1.82, 2.24) is 19.9 Å². The lowest BCUT2D eigenvalue weighted by Crippen LogP contribution is -2.24. The van der Waals surface area contributed by atoms with Gasteiger partial charge in [-0.2, -0.15) is 0 Å². The minimum absolute atomic E-state index is 0.117. The van der Waals surface area contributed by atoms with Crippen molar-refractivity contribution in [3.8, 4) is 11.6 Å². The highest BCUT2D eigenvalue weighted by Gasteiger charge is 2.15. The van der Waals surface area contributed by atoms with E-state index < -0.39 is 17.4 Å². The Morgan fingerprint density at radius 3 is 2.63 bits per heavy atom. The lowest BCUT2D eigenvalue weighted by Gasteiger charge is -2.08. The van der Waals surface area contributed by atoms with Crippen LogP contribution in [0.15, 0.2) is 59.5 Å². The molecule has 30 heavy (non-hydrogen) atoms. The third kappa shape index (κ3) is 3.90. The summed E-state index contributed by atoms with van der Waals surface area (Å²) in [5.41, 5.74) is 0.849. The molecule has 152 valence electrons. The molecule has 1 amide bonds. The predicted molar refractivity (Wildman–Crippen MR) is 105 cm³/mol. The summed E-state index contributed by atoms with van der Waals surface area (Å²) in [7, 11) is 1.51. The van der Waals surface area contributed by atoms with E-state index >= 15 is 0 Å². The normalized spacial score (nSPS) is 10.9. The maximum absolute atomic E-state index is 14.3. The number of ether oxygens (including phenoxy) is 1. The molecule has 0 radical (unpaired) electrons. The van der Waals surface area contributed by atoms with E-state index in [-0.39, 0.29) is 17.9 Å². The van der Waals surface area contributed by atoms with Gasteiger partial charge >= 0.3 is 5.69 Å². The topological polar surface area (TPSA) is 89.0 Å². The molecule has 7 nitrogen and oxygen atoms in total. The van der Waals surface area contributed by atoms with Crippen LogP contribution in [0.1, 0.15) is 15.9 Å². The molecule has 4 rings (SSSR count). The maximum atomic E-state index is 14.3. The average Bonchev–Trinajstić information content (AvgIpc) is 3.01. The highest BCUT2D eigenvalue weighted by molar-refractivity contribution is 5.97. The molecule has 0 unspecified atom stereocenters. The second kappa shape index (κ2) is 7.78. The van der Waals surface area contributed by atoms with Gasteiger partial charge in [-0.1, -0.05) is 6.07 Å². The summed E-state index contributed by atoms with van der Waals surface area (Å²) in [5, 5.41) is 2.62. The fourth-order valence-corrected chi connectivity index (χ4v) is 2.90.